The van der Waals surface area contributed by atoms with Gasteiger partial charge in [-0.2, -0.15) is 0 Å². The molecule has 0 amide bonds. The lowest BCUT2D eigenvalue weighted by Gasteiger charge is -2.18. The van der Waals surface area contributed by atoms with E-state index >= 15 is 0 Å². The van der Waals surface area contributed by atoms with Gasteiger partial charge in [0.15, 0.2) is 0 Å². The van der Waals surface area contributed by atoms with Crippen LogP contribution in [0.3, 0.4) is 0 Å². The third kappa shape index (κ3) is 7.64. The van der Waals surface area contributed by atoms with Crippen molar-refractivity contribution in [1.29, 1.82) is 0 Å². The number of rotatable bonds is 10. The second kappa shape index (κ2) is 9.93. The molecule has 114 valence electrons. The Balaban J connectivity index is 2.47. The lowest BCUT2D eigenvalue weighted by atomic mass is 9.92. The topological polar surface area (TPSA) is 12.0 Å². The molecule has 0 heterocycles. The number of benzene rings is 1. The fourth-order valence-electron chi connectivity index (χ4n) is 2.57. The van der Waals surface area contributed by atoms with Gasteiger partial charge in [0.25, 0.3) is 0 Å². The van der Waals surface area contributed by atoms with Crippen molar-refractivity contribution in [3.8, 4) is 0 Å². The van der Waals surface area contributed by atoms with Gasteiger partial charge in [-0.05, 0) is 61.9 Å². The van der Waals surface area contributed by atoms with E-state index in [4.69, 9.17) is 0 Å². The first-order chi connectivity index (χ1) is 9.61. The third-order valence-electron chi connectivity index (χ3n) is 3.67. The van der Waals surface area contributed by atoms with Crippen LogP contribution in [0, 0.1) is 17.7 Å². The Morgan fingerprint density at radius 2 is 2.00 bits per heavy atom. The van der Waals surface area contributed by atoms with Gasteiger partial charge in [-0.25, -0.2) is 4.39 Å². The molecule has 0 saturated heterocycles. The molecule has 0 spiro atoms. The maximum atomic E-state index is 13.3. The largest absolute Gasteiger partial charge is 0.316 e. The molecule has 0 saturated carbocycles. The molecule has 1 N–H and O–H groups in total. The highest BCUT2D eigenvalue weighted by atomic mass is 19.1. The van der Waals surface area contributed by atoms with Gasteiger partial charge in [0, 0.05) is 0 Å². The van der Waals surface area contributed by atoms with Crippen LogP contribution in [0.15, 0.2) is 24.3 Å². The second-order valence-electron chi connectivity index (χ2n) is 6.23. The zero-order chi connectivity index (χ0) is 14.8. The Bertz CT molecular complexity index is 362. The summed E-state index contributed by atoms with van der Waals surface area (Å²) in [6, 6.07) is 7.05. The Hall–Kier alpha value is -0.890. The van der Waals surface area contributed by atoms with Gasteiger partial charge in [0.1, 0.15) is 5.82 Å². The highest BCUT2D eigenvalue weighted by molar-refractivity contribution is 5.16. The van der Waals surface area contributed by atoms with E-state index in [0.29, 0.717) is 5.92 Å². The van der Waals surface area contributed by atoms with Crippen LogP contribution in [-0.4, -0.2) is 13.1 Å². The van der Waals surface area contributed by atoms with Crippen molar-refractivity contribution >= 4 is 0 Å². The first-order valence-corrected chi connectivity index (χ1v) is 8.07. The number of hydrogen-bond donors (Lipinski definition) is 1. The maximum Gasteiger partial charge on any atom is 0.123 e. The van der Waals surface area contributed by atoms with E-state index in [1.54, 1.807) is 6.07 Å². The summed E-state index contributed by atoms with van der Waals surface area (Å²) in [7, 11) is 0. The van der Waals surface area contributed by atoms with Crippen molar-refractivity contribution in [2.75, 3.05) is 13.1 Å². The molecular weight excluding hydrogens is 249 g/mol. The summed E-state index contributed by atoms with van der Waals surface area (Å²) in [6.07, 6.45) is 5.93. The molecule has 1 aromatic rings. The molecule has 0 aromatic heterocycles. The normalized spacial score (nSPS) is 12.8. The Kier molecular flexibility index (Phi) is 8.52. The van der Waals surface area contributed by atoms with E-state index in [2.05, 4.69) is 26.1 Å². The van der Waals surface area contributed by atoms with E-state index in [9.17, 15) is 4.39 Å². The van der Waals surface area contributed by atoms with Crippen LogP contribution in [0.1, 0.15) is 52.0 Å². The molecule has 1 nitrogen and oxygen atoms in total. The first kappa shape index (κ1) is 17.2. The quantitative estimate of drug-likeness (QED) is 0.606. The molecule has 0 aliphatic heterocycles. The summed E-state index contributed by atoms with van der Waals surface area (Å²) in [6.45, 7) is 8.85. The summed E-state index contributed by atoms with van der Waals surface area (Å²) in [5.41, 5.74) is 1.12. The predicted molar refractivity (Wildman–Crippen MR) is 85.4 cm³/mol. The SMILES string of the molecule is CCCNCC(CCCC(C)C)Cc1cccc(F)c1. The maximum absolute atomic E-state index is 13.3. The summed E-state index contributed by atoms with van der Waals surface area (Å²) >= 11 is 0. The fraction of sp³-hybridized carbons (Fsp3) is 0.667. The predicted octanol–water partition coefficient (Wildman–Crippen LogP) is 4.81. The van der Waals surface area contributed by atoms with Gasteiger partial charge < -0.3 is 5.32 Å². The van der Waals surface area contributed by atoms with Crippen LogP contribution in [0.25, 0.3) is 0 Å². The van der Waals surface area contributed by atoms with E-state index in [1.165, 1.54) is 31.7 Å². The van der Waals surface area contributed by atoms with Gasteiger partial charge in [0.05, 0.1) is 0 Å². The lowest BCUT2D eigenvalue weighted by Crippen LogP contribution is -2.25. The molecule has 0 aliphatic carbocycles. The van der Waals surface area contributed by atoms with Gasteiger partial charge in [-0.3, -0.25) is 0 Å². The molecule has 0 bridgehead atoms. The standard InChI is InChI=1S/C18H30FN/c1-4-11-20-14-17(9-5-7-15(2)3)12-16-8-6-10-18(19)13-16/h6,8,10,13,15,17,20H,4-5,7,9,11-12,14H2,1-3H3. The molecule has 0 radical (unpaired) electrons. The van der Waals surface area contributed by atoms with E-state index in [1.807, 2.05) is 12.1 Å². The van der Waals surface area contributed by atoms with Crippen LogP contribution in [0.5, 0.6) is 0 Å². The minimum atomic E-state index is -0.120. The van der Waals surface area contributed by atoms with Gasteiger partial charge in [0.2, 0.25) is 0 Å². The van der Waals surface area contributed by atoms with Crippen LogP contribution in [0.2, 0.25) is 0 Å². The summed E-state index contributed by atoms with van der Waals surface area (Å²) in [4.78, 5) is 0. The van der Waals surface area contributed by atoms with Gasteiger partial charge >= 0.3 is 0 Å². The van der Waals surface area contributed by atoms with Crippen LogP contribution >= 0.6 is 0 Å². The van der Waals surface area contributed by atoms with Crippen molar-refractivity contribution in [2.24, 2.45) is 11.8 Å². The molecular formula is C18H30FN. The Morgan fingerprint density at radius 1 is 1.20 bits per heavy atom. The molecule has 1 rings (SSSR count). The highest BCUT2D eigenvalue weighted by Gasteiger charge is 2.10. The first-order valence-electron chi connectivity index (χ1n) is 8.07. The minimum Gasteiger partial charge on any atom is -0.316 e. The van der Waals surface area contributed by atoms with Gasteiger partial charge in [-0.1, -0.05) is 45.7 Å². The van der Waals surface area contributed by atoms with Gasteiger partial charge in [-0.15, -0.1) is 0 Å². The molecule has 1 aromatic carbocycles. The van der Waals surface area contributed by atoms with E-state index in [0.717, 1.165) is 31.0 Å². The Morgan fingerprint density at radius 3 is 2.65 bits per heavy atom. The average molecular weight is 279 g/mol. The molecule has 1 unspecified atom stereocenters. The van der Waals surface area contributed by atoms with Crippen LogP contribution in [-0.2, 0) is 6.42 Å². The van der Waals surface area contributed by atoms with Crippen molar-refractivity contribution in [3.63, 3.8) is 0 Å². The average Bonchev–Trinajstić information content (AvgIpc) is 2.38. The summed E-state index contributed by atoms with van der Waals surface area (Å²) in [5, 5.41) is 3.51. The summed E-state index contributed by atoms with van der Waals surface area (Å²) in [5.74, 6) is 1.26. The number of hydrogen-bond acceptors (Lipinski definition) is 1. The molecule has 20 heavy (non-hydrogen) atoms. The van der Waals surface area contributed by atoms with Crippen molar-refractivity contribution < 1.29 is 4.39 Å². The third-order valence-corrected chi connectivity index (χ3v) is 3.67. The smallest absolute Gasteiger partial charge is 0.123 e. The second-order valence-corrected chi connectivity index (χ2v) is 6.23. The van der Waals surface area contributed by atoms with Crippen LogP contribution < -0.4 is 5.32 Å². The highest BCUT2D eigenvalue weighted by Crippen LogP contribution is 2.17. The molecule has 1 atom stereocenters. The molecule has 0 aliphatic rings. The summed E-state index contributed by atoms with van der Waals surface area (Å²) < 4.78 is 13.3. The zero-order valence-corrected chi connectivity index (χ0v) is 13.3. The van der Waals surface area contributed by atoms with Crippen molar-refractivity contribution in [2.45, 2.75) is 52.9 Å². The number of nitrogens with one attached hydrogen (secondary N) is 1. The zero-order valence-electron chi connectivity index (χ0n) is 13.3. The van der Waals surface area contributed by atoms with E-state index < -0.39 is 0 Å². The molecule has 2 heteroatoms. The molecule has 0 fully saturated rings. The Labute approximate surface area is 124 Å². The minimum absolute atomic E-state index is 0.120. The number of halogens is 1. The van der Waals surface area contributed by atoms with Crippen molar-refractivity contribution in [1.82, 2.24) is 5.32 Å². The lowest BCUT2D eigenvalue weighted by molar-refractivity contribution is 0.406. The van der Waals surface area contributed by atoms with E-state index in [-0.39, 0.29) is 5.82 Å². The monoisotopic (exact) mass is 279 g/mol. The van der Waals surface area contributed by atoms with Crippen LogP contribution in [0.4, 0.5) is 4.39 Å². The fourth-order valence-corrected chi connectivity index (χ4v) is 2.57. The van der Waals surface area contributed by atoms with Crippen molar-refractivity contribution in [3.05, 3.63) is 35.6 Å².